The van der Waals surface area contributed by atoms with E-state index < -0.39 is 17.7 Å². The Bertz CT molecular complexity index is 1260. The number of benzene rings is 2. The Morgan fingerprint density at radius 3 is 2.67 bits per heavy atom. The van der Waals surface area contributed by atoms with E-state index >= 15 is 0 Å². The van der Waals surface area contributed by atoms with E-state index in [0.29, 0.717) is 5.58 Å². The fourth-order valence-electron chi connectivity index (χ4n) is 3.01. The number of carboxylic acid groups (broad SMARTS) is 1. The van der Waals surface area contributed by atoms with Crippen LogP contribution in [-0.2, 0) is 0 Å². The van der Waals surface area contributed by atoms with Gasteiger partial charge >= 0.3 is 5.97 Å². The number of hydrogen-bond acceptors (Lipinski definition) is 5. The molecule has 0 radical (unpaired) electrons. The zero-order valence-corrected chi connectivity index (χ0v) is 16.9. The van der Waals surface area contributed by atoms with E-state index in [4.69, 9.17) is 20.8 Å². The number of nitrogens with one attached hydrogen (secondary N) is 1. The number of para-hydroxylation sites is 1. The second-order valence-electron chi connectivity index (χ2n) is 6.23. The maximum Gasteiger partial charge on any atom is 0.339 e. The molecule has 0 saturated heterocycles. The predicted octanol–water partition coefficient (Wildman–Crippen LogP) is 5.91. The molecule has 0 spiro atoms. The number of carboxylic acids is 1. The first-order chi connectivity index (χ1) is 14.4. The number of halogens is 2. The summed E-state index contributed by atoms with van der Waals surface area (Å²) < 4.78 is 24.6. The van der Waals surface area contributed by atoms with Crippen LogP contribution < -0.4 is 10.1 Å². The van der Waals surface area contributed by atoms with Gasteiger partial charge in [0.15, 0.2) is 17.3 Å². The van der Waals surface area contributed by atoms with Gasteiger partial charge in [0.1, 0.15) is 16.1 Å². The summed E-state index contributed by atoms with van der Waals surface area (Å²) in [5.41, 5.74) is 0.691. The summed E-state index contributed by atoms with van der Waals surface area (Å²) in [5.74, 6) is -2.61. The molecule has 4 rings (SSSR count). The maximum absolute atomic E-state index is 14.2. The largest absolute Gasteiger partial charge is 0.494 e. The molecule has 0 fully saturated rings. The van der Waals surface area contributed by atoms with Gasteiger partial charge in [0.2, 0.25) is 0 Å². The van der Waals surface area contributed by atoms with Gasteiger partial charge in [-0.2, -0.15) is 0 Å². The molecular weight excluding hydrogens is 433 g/mol. The number of furan rings is 1. The zero-order chi connectivity index (χ0) is 21.4. The van der Waals surface area contributed by atoms with Crippen molar-refractivity contribution in [2.75, 3.05) is 12.4 Å². The summed E-state index contributed by atoms with van der Waals surface area (Å²) in [4.78, 5) is 24.5. The summed E-state index contributed by atoms with van der Waals surface area (Å²) in [5, 5.41) is 14.7. The number of methoxy groups -OCH3 is 1. The smallest absolute Gasteiger partial charge is 0.339 e. The number of thiophene rings is 1. The molecule has 30 heavy (non-hydrogen) atoms. The van der Waals surface area contributed by atoms with Crippen molar-refractivity contribution >= 4 is 50.8 Å². The first-order valence-electron chi connectivity index (χ1n) is 8.57. The quantitative estimate of drug-likeness (QED) is 0.398. The molecule has 0 aliphatic rings. The fourth-order valence-corrected chi connectivity index (χ4v) is 4.21. The van der Waals surface area contributed by atoms with Gasteiger partial charge in [0.25, 0.3) is 5.91 Å². The second kappa shape index (κ2) is 7.81. The van der Waals surface area contributed by atoms with E-state index in [2.05, 4.69) is 5.32 Å². The van der Waals surface area contributed by atoms with E-state index in [1.807, 2.05) is 6.07 Å². The van der Waals surface area contributed by atoms with Crippen molar-refractivity contribution in [3.8, 4) is 16.9 Å². The van der Waals surface area contributed by atoms with Crippen LogP contribution in [0.3, 0.4) is 0 Å². The third-order valence-corrected chi connectivity index (χ3v) is 5.62. The van der Waals surface area contributed by atoms with E-state index in [-0.39, 0.29) is 38.2 Å². The molecule has 0 unspecified atom stereocenters. The summed E-state index contributed by atoms with van der Waals surface area (Å²) in [6.45, 7) is 0. The van der Waals surface area contributed by atoms with Gasteiger partial charge in [0, 0.05) is 28.0 Å². The van der Waals surface area contributed by atoms with Gasteiger partial charge in [-0.05, 0) is 18.2 Å². The molecule has 0 aliphatic carbocycles. The second-order valence-corrected chi connectivity index (χ2v) is 7.51. The van der Waals surface area contributed by atoms with Crippen LogP contribution in [-0.4, -0.2) is 24.1 Å². The lowest BCUT2D eigenvalue weighted by Gasteiger charge is -2.09. The highest BCUT2D eigenvalue weighted by Gasteiger charge is 2.24. The maximum atomic E-state index is 14.2. The lowest BCUT2D eigenvalue weighted by atomic mass is 10.0. The molecule has 2 N–H and O–H groups in total. The number of aromatic carboxylic acids is 1. The molecule has 152 valence electrons. The Balaban J connectivity index is 1.72. The molecular formula is C21H13ClFNO5S. The normalized spacial score (nSPS) is 10.9. The molecule has 9 heteroatoms. The first kappa shape index (κ1) is 19.9. The summed E-state index contributed by atoms with van der Waals surface area (Å²) >= 11 is 7.20. The number of fused-ring (bicyclic) bond motifs is 1. The van der Waals surface area contributed by atoms with E-state index in [9.17, 15) is 19.1 Å². The van der Waals surface area contributed by atoms with Crippen LogP contribution in [0.5, 0.6) is 5.75 Å². The van der Waals surface area contributed by atoms with Crippen molar-refractivity contribution in [2.24, 2.45) is 0 Å². The number of rotatable bonds is 5. The van der Waals surface area contributed by atoms with Crippen LogP contribution in [0.15, 0.2) is 52.3 Å². The predicted molar refractivity (Wildman–Crippen MR) is 112 cm³/mol. The number of amides is 1. The van der Waals surface area contributed by atoms with Crippen molar-refractivity contribution in [2.45, 2.75) is 0 Å². The topological polar surface area (TPSA) is 88.8 Å². The number of ether oxygens (including phenoxy) is 1. The van der Waals surface area contributed by atoms with Crippen molar-refractivity contribution in [3.63, 3.8) is 0 Å². The van der Waals surface area contributed by atoms with Gasteiger partial charge in [-0.3, -0.25) is 4.79 Å². The van der Waals surface area contributed by atoms with E-state index in [1.54, 1.807) is 24.3 Å². The lowest BCUT2D eigenvalue weighted by Crippen LogP contribution is -2.12. The number of carbonyl (C=O) groups excluding carboxylic acids is 1. The van der Waals surface area contributed by atoms with Gasteiger partial charge in [-0.15, -0.1) is 11.3 Å². The fraction of sp³-hybridized carbons (Fsp3) is 0.0476. The van der Waals surface area contributed by atoms with Crippen molar-refractivity contribution in [3.05, 3.63) is 70.0 Å². The molecule has 2 aromatic carbocycles. The Kier molecular flexibility index (Phi) is 5.19. The minimum Gasteiger partial charge on any atom is -0.494 e. The van der Waals surface area contributed by atoms with E-state index in [1.165, 1.54) is 18.6 Å². The Hall–Kier alpha value is -3.36. The van der Waals surface area contributed by atoms with Crippen molar-refractivity contribution in [1.82, 2.24) is 0 Å². The minimum atomic E-state index is -1.29. The standard InChI is InChI=1S/C21H13ClFNO5S/c1-28-16-8-13(22)11(7-14(16)23)12-9-30-20(18(12)21(26)27)24-19(25)17-6-10-4-2-3-5-15(10)29-17/h2-9H,1H3,(H,24,25)(H,26,27). The molecule has 0 saturated carbocycles. The summed E-state index contributed by atoms with van der Waals surface area (Å²) in [6, 6.07) is 11.0. The highest BCUT2D eigenvalue weighted by Crippen LogP contribution is 2.41. The third kappa shape index (κ3) is 3.51. The minimum absolute atomic E-state index is 0.0380. The molecule has 2 heterocycles. The molecule has 0 aliphatic heterocycles. The molecule has 1 amide bonds. The zero-order valence-electron chi connectivity index (χ0n) is 15.4. The molecule has 4 aromatic rings. The van der Waals surface area contributed by atoms with Crippen LogP contribution in [0.2, 0.25) is 5.02 Å². The van der Waals surface area contributed by atoms with Crippen LogP contribution in [0.1, 0.15) is 20.9 Å². The monoisotopic (exact) mass is 445 g/mol. The van der Waals surface area contributed by atoms with Crippen LogP contribution in [0, 0.1) is 5.82 Å². The van der Waals surface area contributed by atoms with Crippen molar-refractivity contribution < 1.29 is 28.2 Å². The lowest BCUT2D eigenvalue weighted by molar-refractivity contribution is 0.0699. The Morgan fingerprint density at radius 2 is 1.97 bits per heavy atom. The average Bonchev–Trinajstić information content (AvgIpc) is 3.33. The van der Waals surface area contributed by atoms with Gasteiger partial charge in [-0.25, -0.2) is 9.18 Å². The first-order valence-corrected chi connectivity index (χ1v) is 9.83. The van der Waals surface area contributed by atoms with Gasteiger partial charge in [0.05, 0.1) is 12.1 Å². The van der Waals surface area contributed by atoms with E-state index in [0.717, 1.165) is 22.8 Å². The Morgan fingerprint density at radius 1 is 1.20 bits per heavy atom. The van der Waals surface area contributed by atoms with Crippen molar-refractivity contribution in [1.29, 1.82) is 0 Å². The van der Waals surface area contributed by atoms with Crippen LogP contribution >= 0.6 is 22.9 Å². The third-order valence-electron chi connectivity index (χ3n) is 4.41. The van der Waals surface area contributed by atoms with Crippen LogP contribution in [0.25, 0.3) is 22.1 Å². The summed E-state index contributed by atoms with van der Waals surface area (Å²) in [6.07, 6.45) is 0. The molecule has 0 atom stereocenters. The Labute approximate surface area is 178 Å². The highest BCUT2D eigenvalue weighted by atomic mass is 35.5. The number of hydrogen-bond donors (Lipinski definition) is 2. The average molecular weight is 446 g/mol. The number of anilines is 1. The van der Waals surface area contributed by atoms with Crippen LogP contribution in [0.4, 0.5) is 9.39 Å². The molecule has 2 aromatic heterocycles. The summed E-state index contributed by atoms with van der Waals surface area (Å²) in [7, 11) is 1.30. The highest BCUT2D eigenvalue weighted by molar-refractivity contribution is 7.15. The SMILES string of the molecule is COc1cc(Cl)c(-c2csc(NC(=O)c3cc4ccccc4o3)c2C(=O)O)cc1F. The van der Waals surface area contributed by atoms with Gasteiger partial charge < -0.3 is 19.6 Å². The number of carbonyl (C=O) groups is 2. The van der Waals surface area contributed by atoms with Gasteiger partial charge in [-0.1, -0.05) is 29.8 Å². The molecule has 6 nitrogen and oxygen atoms in total. The molecule has 0 bridgehead atoms.